The zero-order chi connectivity index (χ0) is 18.8. The lowest BCUT2D eigenvalue weighted by Gasteiger charge is -2.53. The molecule has 5 heteroatoms. The van der Waals surface area contributed by atoms with Crippen LogP contribution >= 0.6 is 0 Å². The van der Waals surface area contributed by atoms with Crippen LogP contribution in [0.15, 0.2) is 18.2 Å². The molecule has 2 aliphatic heterocycles. The van der Waals surface area contributed by atoms with Crippen LogP contribution in [0.1, 0.15) is 51.7 Å². The molecule has 2 bridgehead atoms. The van der Waals surface area contributed by atoms with Crippen molar-refractivity contribution in [3.05, 3.63) is 23.8 Å². The predicted octanol–water partition coefficient (Wildman–Crippen LogP) is 3.48. The van der Waals surface area contributed by atoms with E-state index in [4.69, 9.17) is 14.2 Å². The summed E-state index contributed by atoms with van der Waals surface area (Å²) < 4.78 is 17.8. The predicted molar refractivity (Wildman–Crippen MR) is 101 cm³/mol. The number of hydrogen-bond donors (Lipinski definition) is 1. The molecule has 1 unspecified atom stereocenters. The van der Waals surface area contributed by atoms with Gasteiger partial charge in [-0.3, -0.25) is 4.79 Å². The largest absolute Gasteiger partial charge is 0.486 e. The Kier molecular flexibility index (Phi) is 3.77. The molecule has 0 radical (unpaired) electrons. The van der Waals surface area contributed by atoms with Crippen molar-refractivity contribution in [3.63, 3.8) is 0 Å². The lowest BCUT2D eigenvalue weighted by atomic mass is 9.59. The Morgan fingerprint density at radius 1 is 1.15 bits per heavy atom. The van der Waals surface area contributed by atoms with Crippen LogP contribution in [0.25, 0.3) is 0 Å². The van der Waals surface area contributed by atoms with Gasteiger partial charge in [0, 0.05) is 19.6 Å². The number of ether oxygens (including phenoxy) is 3. The smallest absolute Gasteiger partial charge is 0.217 e. The van der Waals surface area contributed by atoms with E-state index < -0.39 is 0 Å². The number of fused-ring (bicyclic) bond motifs is 2. The maximum absolute atomic E-state index is 12.0. The molecule has 146 valence electrons. The maximum Gasteiger partial charge on any atom is 0.217 e. The Morgan fingerprint density at radius 2 is 1.93 bits per heavy atom. The summed E-state index contributed by atoms with van der Waals surface area (Å²) in [7, 11) is 0. The molecule has 1 spiro atoms. The van der Waals surface area contributed by atoms with E-state index in [1.807, 2.05) is 6.07 Å². The van der Waals surface area contributed by atoms with E-state index in [0.29, 0.717) is 25.0 Å². The average molecular weight is 371 g/mol. The third-order valence-electron chi connectivity index (χ3n) is 7.75. The Morgan fingerprint density at radius 3 is 2.70 bits per heavy atom. The molecule has 2 saturated carbocycles. The highest BCUT2D eigenvalue weighted by atomic mass is 16.6. The van der Waals surface area contributed by atoms with Gasteiger partial charge in [-0.25, -0.2) is 0 Å². The quantitative estimate of drug-likeness (QED) is 0.865. The molecule has 4 aliphatic rings. The fourth-order valence-electron chi connectivity index (χ4n) is 6.56. The van der Waals surface area contributed by atoms with E-state index in [0.717, 1.165) is 24.5 Å². The average Bonchev–Trinajstić information content (AvgIpc) is 3.14. The molecule has 1 aromatic rings. The van der Waals surface area contributed by atoms with Gasteiger partial charge in [0.2, 0.25) is 5.91 Å². The van der Waals surface area contributed by atoms with Crippen molar-refractivity contribution in [2.24, 2.45) is 22.7 Å². The first-order valence-corrected chi connectivity index (χ1v) is 10.2. The van der Waals surface area contributed by atoms with Gasteiger partial charge in [-0.2, -0.15) is 0 Å². The number of nitrogens with one attached hydrogen (secondary N) is 1. The second kappa shape index (κ2) is 5.87. The molecule has 1 N–H and O–H groups in total. The van der Waals surface area contributed by atoms with Crippen molar-refractivity contribution in [2.75, 3.05) is 19.8 Å². The van der Waals surface area contributed by atoms with Gasteiger partial charge in [-0.15, -0.1) is 0 Å². The normalized spacial score (nSPS) is 38.3. The Hall–Kier alpha value is -1.75. The second-order valence-electron chi connectivity index (χ2n) is 9.38. The van der Waals surface area contributed by atoms with Crippen LogP contribution in [0.4, 0.5) is 0 Å². The second-order valence-corrected chi connectivity index (χ2v) is 9.38. The molecule has 27 heavy (non-hydrogen) atoms. The van der Waals surface area contributed by atoms with Crippen LogP contribution in [0, 0.1) is 22.7 Å². The molecule has 5 atom stereocenters. The van der Waals surface area contributed by atoms with Gasteiger partial charge >= 0.3 is 0 Å². The summed E-state index contributed by atoms with van der Waals surface area (Å²) in [6.45, 7) is 8.25. The van der Waals surface area contributed by atoms with E-state index in [1.165, 1.54) is 18.4 Å². The Bertz CT molecular complexity index is 776. The SMILES string of the molecule is CC(=O)N[C@H]1C(C)(C)[C@@H]2C[C@@H]3[C@@H](c4ccc5c(c4)OCCO5)OCCC31C2. The minimum Gasteiger partial charge on any atom is -0.486 e. The van der Waals surface area contributed by atoms with Crippen LogP contribution in [-0.4, -0.2) is 31.8 Å². The number of rotatable bonds is 2. The fourth-order valence-corrected chi connectivity index (χ4v) is 6.56. The monoisotopic (exact) mass is 371 g/mol. The summed E-state index contributed by atoms with van der Waals surface area (Å²) in [5, 5.41) is 3.34. The van der Waals surface area contributed by atoms with E-state index in [9.17, 15) is 4.79 Å². The van der Waals surface area contributed by atoms with Crippen molar-refractivity contribution in [1.82, 2.24) is 5.32 Å². The third kappa shape index (κ3) is 2.43. The molecule has 3 fully saturated rings. The number of amides is 1. The summed E-state index contributed by atoms with van der Waals surface area (Å²) >= 11 is 0. The van der Waals surface area contributed by atoms with Gasteiger partial charge in [0.1, 0.15) is 13.2 Å². The van der Waals surface area contributed by atoms with Crippen molar-refractivity contribution < 1.29 is 19.0 Å². The van der Waals surface area contributed by atoms with Gasteiger partial charge in [-0.05, 0) is 59.6 Å². The molecule has 0 aromatic heterocycles. The van der Waals surface area contributed by atoms with Crippen LogP contribution in [0.5, 0.6) is 11.5 Å². The summed E-state index contributed by atoms with van der Waals surface area (Å²) in [6, 6.07) is 6.45. The van der Waals surface area contributed by atoms with E-state index >= 15 is 0 Å². The molecule has 2 aliphatic carbocycles. The zero-order valence-corrected chi connectivity index (χ0v) is 16.4. The highest BCUT2D eigenvalue weighted by Gasteiger charge is 2.68. The molecule has 1 saturated heterocycles. The van der Waals surface area contributed by atoms with E-state index in [2.05, 4.69) is 31.3 Å². The van der Waals surface area contributed by atoms with Gasteiger partial charge in [0.25, 0.3) is 0 Å². The molecule has 5 nitrogen and oxygen atoms in total. The van der Waals surface area contributed by atoms with Gasteiger partial charge < -0.3 is 19.5 Å². The van der Waals surface area contributed by atoms with Crippen LogP contribution in [-0.2, 0) is 9.53 Å². The first-order chi connectivity index (χ1) is 12.9. The molecular formula is C22H29NO4. The maximum atomic E-state index is 12.0. The van der Waals surface area contributed by atoms with Crippen molar-refractivity contribution in [3.8, 4) is 11.5 Å². The minimum atomic E-state index is 0.0620. The standard InChI is InChI=1S/C22H29NO4/c1-13(24)23-20-21(2,3)15-11-16-19(27-7-6-22(16,20)12-15)14-4-5-17-18(10-14)26-9-8-25-17/h4-5,10,15-16,19-20H,6-9,11-12H2,1-3H3,(H,23,24)/t15-,16-,19-,20+,22?/m1/s1. The molecule has 5 rings (SSSR count). The summed E-state index contributed by atoms with van der Waals surface area (Å²) in [5.74, 6) is 2.78. The summed E-state index contributed by atoms with van der Waals surface area (Å²) in [4.78, 5) is 12.0. The highest BCUT2D eigenvalue weighted by molar-refractivity contribution is 5.73. The van der Waals surface area contributed by atoms with Crippen LogP contribution in [0.2, 0.25) is 0 Å². The highest BCUT2D eigenvalue weighted by Crippen LogP contribution is 2.70. The van der Waals surface area contributed by atoms with Gasteiger partial charge in [0.15, 0.2) is 11.5 Å². The number of benzene rings is 1. The van der Waals surface area contributed by atoms with E-state index in [-0.39, 0.29) is 28.9 Å². The zero-order valence-electron chi connectivity index (χ0n) is 16.4. The van der Waals surface area contributed by atoms with Gasteiger partial charge in [0.05, 0.1) is 6.10 Å². The van der Waals surface area contributed by atoms with E-state index in [1.54, 1.807) is 6.92 Å². The van der Waals surface area contributed by atoms with Crippen molar-refractivity contribution >= 4 is 5.91 Å². The Balaban J connectivity index is 1.50. The van der Waals surface area contributed by atoms with Gasteiger partial charge in [-0.1, -0.05) is 19.9 Å². The molecular weight excluding hydrogens is 342 g/mol. The van der Waals surface area contributed by atoms with Crippen molar-refractivity contribution in [2.45, 2.75) is 52.2 Å². The number of hydrogen-bond acceptors (Lipinski definition) is 4. The molecule has 1 aromatic carbocycles. The van der Waals surface area contributed by atoms with Crippen LogP contribution in [0.3, 0.4) is 0 Å². The first kappa shape index (κ1) is 17.4. The van der Waals surface area contributed by atoms with Crippen molar-refractivity contribution in [1.29, 1.82) is 0 Å². The first-order valence-electron chi connectivity index (χ1n) is 10.2. The number of carbonyl (C=O) groups is 1. The fraction of sp³-hybridized carbons (Fsp3) is 0.682. The van der Waals surface area contributed by atoms with Crippen LogP contribution < -0.4 is 14.8 Å². The number of carbonyl (C=O) groups excluding carboxylic acids is 1. The molecule has 2 heterocycles. The minimum absolute atomic E-state index is 0.0620. The Labute approximate surface area is 160 Å². The molecule has 1 amide bonds. The summed E-state index contributed by atoms with van der Waals surface area (Å²) in [6.07, 6.45) is 3.46. The topological polar surface area (TPSA) is 56.8 Å². The lowest BCUT2D eigenvalue weighted by Crippen LogP contribution is -2.58. The third-order valence-corrected chi connectivity index (χ3v) is 7.75. The lowest BCUT2D eigenvalue weighted by molar-refractivity contribution is -0.136. The summed E-state index contributed by atoms with van der Waals surface area (Å²) in [5.41, 5.74) is 1.45.